The van der Waals surface area contributed by atoms with Crippen LogP contribution in [0.5, 0.6) is 17.2 Å². The first-order valence-corrected chi connectivity index (χ1v) is 13.8. The van der Waals surface area contributed by atoms with Crippen LogP contribution in [0.1, 0.15) is 82.4 Å². The number of Topliss-reactive ketones (excluding diaryl/α,β-unsaturated/α-hetero) is 1. The molecule has 204 valence electrons. The van der Waals surface area contributed by atoms with Crippen molar-refractivity contribution in [1.82, 2.24) is 9.71 Å². The molecule has 0 aliphatic carbocycles. The van der Waals surface area contributed by atoms with Crippen molar-refractivity contribution in [2.24, 2.45) is 0 Å². The first-order chi connectivity index (χ1) is 17.2. The van der Waals surface area contributed by atoms with Gasteiger partial charge in [-0.15, -0.1) is 0 Å². The van der Waals surface area contributed by atoms with Crippen molar-refractivity contribution in [3.05, 3.63) is 46.2 Å². The predicted molar refractivity (Wildman–Crippen MR) is 145 cm³/mol. The van der Waals surface area contributed by atoms with Crippen molar-refractivity contribution < 1.29 is 28.3 Å². The van der Waals surface area contributed by atoms with E-state index in [1.54, 1.807) is 31.2 Å². The molecule has 0 radical (unpaired) electrons. The Morgan fingerprint density at radius 1 is 1.27 bits per heavy atom. The standard InChI is InChI=1S/C27H37ClN2O6S/c1-8-13-35-20-10-9-17(14-21(20)34-7)19(31)11-12-27(6,32)22-15-18-23(24(28)29-22)36-16-26(18,5)30-37(33)25(2,3)4/h9-10,14-15,30,32H,8,11-13,16H2,1-7H3. The molecule has 3 atom stereocenters. The number of nitrogens with zero attached hydrogens (tertiary/aromatic N) is 1. The molecular formula is C27H37ClN2O6S. The number of ketones is 1. The fourth-order valence-corrected chi connectivity index (χ4v) is 4.99. The lowest BCUT2D eigenvalue weighted by Crippen LogP contribution is -2.47. The monoisotopic (exact) mass is 552 g/mol. The predicted octanol–water partition coefficient (Wildman–Crippen LogP) is 5.06. The van der Waals surface area contributed by atoms with Gasteiger partial charge in [0.05, 0.1) is 40.7 Å². The van der Waals surface area contributed by atoms with Gasteiger partial charge in [0.2, 0.25) is 0 Å². The maximum atomic E-state index is 13.0. The minimum Gasteiger partial charge on any atom is -0.493 e. The molecule has 2 N–H and O–H groups in total. The number of hydrogen-bond donors (Lipinski definition) is 2. The van der Waals surface area contributed by atoms with E-state index < -0.39 is 26.9 Å². The summed E-state index contributed by atoms with van der Waals surface area (Å²) in [6, 6.07) is 6.78. The molecule has 8 nitrogen and oxygen atoms in total. The van der Waals surface area contributed by atoms with Crippen LogP contribution in [0.2, 0.25) is 5.15 Å². The highest BCUT2D eigenvalue weighted by molar-refractivity contribution is 7.84. The number of halogens is 1. The fourth-order valence-electron chi connectivity index (χ4n) is 3.86. The smallest absolute Gasteiger partial charge is 0.171 e. The molecule has 0 fully saturated rings. The number of pyridine rings is 1. The number of hydrogen-bond acceptors (Lipinski definition) is 7. The normalized spacial score (nSPS) is 19.5. The number of ether oxygens (including phenoxy) is 3. The van der Waals surface area contributed by atoms with E-state index in [1.165, 1.54) is 7.11 Å². The second-order valence-corrected chi connectivity index (χ2v) is 13.0. The Morgan fingerprint density at radius 2 is 1.97 bits per heavy atom. The van der Waals surface area contributed by atoms with Crippen LogP contribution in [0.3, 0.4) is 0 Å². The van der Waals surface area contributed by atoms with Crippen LogP contribution >= 0.6 is 11.6 Å². The minimum absolute atomic E-state index is 0.0712. The van der Waals surface area contributed by atoms with Gasteiger partial charge in [-0.25, -0.2) is 13.9 Å². The van der Waals surface area contributed by atoms with Gasteiger partial charge in [0.1, 0.15) is 12.2 Å². The topological polar surface area (TPSA) is 107 Å². The molecule has 1 aromatic heterocycles. The van der Waals surface area contributed by atoms with Gasteiger partial charge in [0, 0.05) is 17.5 Å². The summed E-state index contributed by atoms with van der Waals surface area (Å²) in [5.41, 5.74) is -0.802. The molecule has 37 heavy (non-hydrogen) atoms. The maximum absolute atomic E-state index is 13.0. The summed E-state index contributed by atoms with van der Waals surface area (Å²) in [6.07, 6.45) is 1.04. The van der Waals surface area contributed by atoms with Crippen LogP contribution in [0.25, 0.3) is 0 Å². The average Bonchev–Trinajstić information content (AvgIpc) is 3.17. The third kappa shape index (κ3) is 6.63. The van der Waals surface area contributed by atoms with Crippen LogP contribution in [0.15, 0.2) is 24.3 Å². The highest BCUT2D eigenvalue weighted by atomic mass is 35.5. The second-order valence-electron chi connectivity index (χ2n) is 10.7. The number of benzene rings is 1. The van der Waals surface area contributed by atoms with E-state index in [0.29, 0.717) is 40.7 Å². The molecule has 3 rings (SSSR count). The van der Waals surface area contributed by atoms with E-state index in [1.807, 2.05) is 34.6 Å². The molecular weight excluding hydrogens is 516 g/mol. The van der Waals surface area contributed by atoms with Crippen LogP contribution < -0.4 is 18.9 Å². The Balaban J connectivity index is 1.80. The SMILES string of the molecule is CCCOc1ccc(C(=O)CCC(C)(O)c2cc3c(c(Cl)n2)OCC3(C)NS(=O)C(C)(C)C)cc1OC. The number of nitrogens with one attached hydrogen (secondary N) is 1. The zero-order valence-electron chi connectivity index (χ0n) is 22.6. The van der Waals surface area contributed by atoms with Gasteiger partial charge in [0.25, 0.3) is 0 Å². The molecule has 0 bridgehead atoms. The summed E-state index contributed by atoms with van der Waals surface area (Å²) < 4.78 is 32.3. The van der Waals surface area contributed by atoms with Gasteiger partial charge in [-0.3, -0.25) is 4.79 Å². The summed E-state index contributed by atoms with van der Waals surface area (Å²) >= 11 is 6.43. The Morgan fingerprint density at radius 3 is 2.59 bits per heavy atom. The van der Waals surface area contributed by atoms with E-state index in [4.69, 9.17) is 25.8 Å². The van der Waals surface area contributed by atoms with E-state index in [0.717, 1.165) is 6.42 Å². The minimum atomic E-state index is -1.45. The Bertz CT molecular complexity index is 1180. The third-order valence-corrected chi connectivity index (χ3v) is 8.25. The molecule has 3 unspecified atom stereocenters. The summed E-state index contributed by atoms with van der Waals surface area (Å²) in [5.74, 6) is 1.31. The zero-order valence-corrected chi connectivity index (χ0v) is 24.1. The third-order valence-electron chi connectivity index (χ3n) is 6.24. The van der Waals surface area contributed by atoms with Crippen molar-refractivity contribution in [3.63, 3.8) is 0 Å². The van der Waals surface area contributed by atoms with Crippen LogP contribution in [0, 0.1) is 0 Å². The Hall–Kier alpha value is -2.20. The molecule has 1 aliphatic rings. The van der Waals surface area contributed by atoms with E-state index in [2.05, 4.69) is 9.71 Å². The largest absolute Gasteiger partial charge is 0.493 e. The number of rotatable bonds is 11. The molecule has 0 saturated heterocycles. The van der Waals surface area contributed by atoms with Gasteiger partial charge in [-0.1, -0.05) is 18.5 Å². The highest BCUT2D eigenvalue weighted by Crippen LogP contribution is 2.43. The molecule has 2 aromatic rings. The molecule has 2 heterocycles. The van der Waals surface area contributed by atoms with Gasteiger partial charge in [-0.05, 0) is 71.7 Å². The van der Waals surface area contributed by atoms with Gasteiger partial charge in [-0.2, -0.15) is 0 Å². The van der Waals surface area contributed by atoms with E-state index in [9.17, 15) is 14.1 Å². The van der Waals surface area contributed by atoms with Crippen LogP contribution in [0.4, 0.5) is 0 Å². The lowest BCUT2D eigenvalue weighted by atomic mass is 9.89. The summed E-state index contributed by atoms with van der Waals surface area (Å²) in [7, 11) is 0.162. The molecule has 10 heteroatoms. The summed E-state index contributed by atoms with van der Waals surface area (Å²) in [5, 5.41) is 11.4. The number of aliphatic hydroxyl groups is 1. The van der Waals surface area contributed by atoms with Gasteiger partial charge < -0.3 is 19.3 Å². The van der Waals surface area contributed by atoms with Crippen molar-refractivity contribution in [2.45, 2.75) is 76.7 Å². The summed E-state index contributed by atoms with van der Waals surface area (Å²) in [4.78, 5) is 17.3. The lowest BCUT2D eigenvalue weighted by Gasteiger charge is -2.30. The molecule has 1 aromatic carbocycles. The molecule has 0 spiro atoms. The zero-order chi connectivity index (χ0) is 27.6. The first-order valence-electron chi connectivity index (χ1n) is 12.3. The molecule has 0 amide bonds. The lowest BCUT2D eigenvalue weighted by molar-refractivity contribution is 0.0395. The van der Waals surface area contributed by atoms with Crippen LogP contribution in [-0.2, 0) is 22.1 Å². The summed E-state index contributed by atoms with van der Waals surface area (Å²) in [6.45, 7) is 11.9. The number of carbonyl (C=O) groups excluding carboxylic acids is 1. The second kappa shape index (κ2) is 11.3. The maximum Gasteiger partial charge on any atom is 0.171 e. The van der Waals surface area contributed by atoms with Crippen LogP contribution in [-0.4, -0.2) is 45.2 Å². The van der Waals surface area contributed by atoms with Crippen molar-refractivity contribution in [1.29, 1.82) is 0 Å². The van der Waals surface area contributed by atoms with E-state index in [-0.39, 0.29) is 30.4 Å². The van der Waals surface area contributed by atoms with E-state index >= 15 is 0 Å². The number of methoxy groups -OCH3 is 1. The van der Waals surface area contributed by atoms with Crippen molar-refractivity contribution >= 4 is 28.4 Å². The first kappa shape index (κ1) is 29.4. The fraction of sp³-hybridized carbons (Fsp3) is 0.556. The number of carbonyl (C=O) groups is 1. The van der Waals surface area contributed by atoms with Crippen molar-refractivity contribution in [3.8, 4) is 17.2 Å². The van der Waals surface area contributed by atoms with Crippen molar-refractivity contribution in [2.75, 3.05) is 20.3 Å². The number of fused-ring (bicyclic) bond motifs is 1. The number of aromatic nitrogens is 1. The van der Waals surface area contributed by atoms with Gasteiger partial charge in [0.15, 0.2) is 28.2 Å². The average molecular weight is 553 g/mol. The van der Waals surface area contributed by atoms with Gasteiger partial charge >= 0.3 is 0 Å². The molecule has 0 saturated carbocycles. The highest BCUT2D eigenvalue weighted by Gasteiger charge is 2.42. The Labute approximate surface area is 226 Å². The Kier molecular flexibility index (Phi) is 8.94. The molecule has 1 aliphatic heterocycles. The quantitative estimate of drug-likeness (QED) is 0.296.